The summed E-state index contributed by atoms with van der Waals surface area (Å²) in [5.41, 5.74) is 2.20. The van der Waals surface area contributed by atoms with Crippen LogP contribution >= 0.6 is 0 Å². The zero-order valence-electron chi connectivity index (χ0n) is 10.7. The molecule has 1 unspecified atom stereocenters. The molecular weight excluding hydrogens is 214 g/mol. The van der Waals surface area contributed by atoms with E-state index in [1.807, 2.05) is 0 Å². The van der Waals surface area contributed by atoms with Gasteiger partial charge in [-0.25, -0.2) is 5.84 Å². The molecule has 0 radical (unpaired) electrons. The lowest BCUT2D eigenvalue weighted by Gasteiger charge is -2.29. The van der Waals surface area contributed by atoms with Gasteiger partial charge in [0.1, 0.15) is 0 Å². The van der Waals surface area contributed by atoms with Crippen LogP contribution in [0.5, 0.6) is 0 Å². The fourth-order valence-corrected chi connectivity index (χ4v) is 3.52. The van der Waals surface area contributed by atoms with Crippen molar-refractivity contribution >= 4 is 5.91 Å². The maximum absolute atomic E-state index is 11.1. The van der Waals surface area contributed by atoms with E-state index in [-0.39, 0.29) is 5.91 Å². The third-order valence-corrected chi connectivity index (χ3v) is 4.37. The Balaban J connectivity index is 1.73. The average molecular weight is 239 g/mol. The Bertz CT molecular complexity index is 251. The van der Waals surface area contributed by atoms with Crippen molar-refractivity contribution in [2.45, 2.75) is 57.4 Å². The number of hydrazine groups is 1. The quantitative estimate of drug-likeness (QED) is 0.433. The molecular formula is C13H25N3O. The lowest BCUT2D eigenvalue weighted by molar-refractivity contribution is -0.121. The van der Waals surface area contributed by atoms with Crippen molar-refractivity contribution in [3.05, 3.63) is 0 Å². The summed E-state index contributed by atoms with van der Waals surface area (Å²) >= 11 is 0. The maximum Gasteiger partial charge on any atom is 0.233 e. The summed E-state index contributed by atoms with van der Waals surface area (Å²) in [5.74, 6) is 5.97. The number of nitrogens with two attached hydrogens (primary N) is 1. The normalized spacial score (nSPS) is 26.5. The van der Waals surface area contributed by atoms with Crippen molar-refractivity contribution in [3.8, 4) is 0 Å². The molecule has 3 N–H and O–H groups in total. The van der Waals surface area contributed by atoms with Crippen LogP contribution in [-0.2, 0) is 4.79 Å². The van der Waals surface area contributed by atoms with Crippen LogP contribution in [0, 0.1) is 5.92 Å². The first kappa shape index (κ1) is 12.8. The highest BCUT2D eigenvalue weighted by Crippen LogP contribution is 2.35. The van der Waals surface area contributed by atoms with Crippen molar-refractivity contribution in [3.63, 3.8) is 0 Å². The third kappa shape index (κ3) is 3.42. The van der Waals surface area contributed by atoms with Crippen molar-refractivity contribution in [2.24, 2.45) is 11.8 Å². The molecule has 1 aliphatic heterocycles. The van der Waals surface area contributed by atoms with Gasteiger partial charge in [0.05, 0.1) is 0 Å². The second-order valence-electron chi connectivity index (χ2n) is 5.46. The molecule has 0 spiro atoms. The third-order valence-electron chi connectivity index (χ3n) is 4.37. The molecule has 1 heterocycles. The Hall–Kier alpha value is -0.610. The number of nitrogens with one attached hydrogen (secondary N) is 1. The standard InChI is InChI=1S/C13H25N3O/c14-15-13(17)8-4-10-16-9-3-7-12(16)11-5-1-2-6-11/h11-12H,1-10,14H2,(H,15,17). The minimum absolute atomic E-state index is 0.0402. The van der Waals surface area contributed by atoms with Crippen LogP contribution in [0.4, 0.5) is 0 Å². The van der Waals surface area contributed by atoms with Gasteiger partial charge >= 0.3 is 0 Å². The first-order valence-electron chi connectivity index (χ1n) is 7.05. The number of hydrogen-bond acceptors (Lipinski definition) is 3. The molecule has 1 aliphatic carbocycles. The summed E-state index contributed by atoms with van der Waals surface area (Å²) in [6, 6.07) is 0.804. The molecule has 0 bridgehead atoms. The largest absolute Gasteiger partial charge is 0.300 e. The van der Waals surface area contributed by atoms with E-state index in [1.54, 1.807) is 0 Å². The van der Waals surface area contributed by atoms with E-state index in [0.29, 0.717) is 6.42 Å². The topological polar surface area (TPSA) is 58.4 Å². The highest BCUT2D eigenvalue weighted by Gasteiger charge is 2.32. The van der Waals surface area contributed by atoms with E-state index in [2.05, 4.69) is 10.3 Å². The van der Waals surface area contributed by atoms with Crippen molar-refractivity contribution in [1.29, 1.82) is 0 Å². The Kier molecular flexibility index (Phi) is 4.80. The van der Waals surface area contributed by atoms with Gasteiger partial charge in [-0.3, -0.25) is 10.2 Å². The van der Waals surface area contributed by atoms with Crippen LogP contribution in [0.25, 0.3) is 0 Å². The zero-order chi connectivity index (χ0) is 12.1. The molecule has 0 aromatic carbocycles. The number of rotatable bonds is 5. The summed E-state index contributed by atoms with van der Waals surface area (Å²) in [5, 5.41) is 0. The molecule has 1 atom stereocenters. The van der Waals surface area contributed by atoms with Gasteiger partial charge in [-0.05, 0) is 51.1 Å². The summed E-state index contributed by atoms with van der Waals surface area (Å²) < 4.78 is 0. The first-order chi connectivity index (χ1) is 8.31. The Labute approximate surface area is 104 Å². The number of carbonyl (C=O) groups is 1. The molecule has 98 valence electrons. The van der Waals surface area contributed by atoms with E-state index >= 15 is 0 Å². The molecule has 1 saturated heterocycles. The Morgan fingerprint density at radius 1 is 1.24 bits per heavy atom. The van der Waals surface area contributed by atoms with E-state index in [1.165, 1.54) is 45.1 Å². The van der Waals surface area contributed by atoms with Gasteiger partial charge in [0.25, 0.3) is 0 Å². The molecule has 2 rings (SSSR count). The van der Waals surface area contributed by atoms with E-state index in [0.717, 1.165) is 24.9 Å². The fourth-order valence-electron chi connectivity index (χ4n) is 3.52. The van der Waals surface area contributed by atoms with E-state index in [9.17, 15) is 4.79 Å². The SMILES string of the molecule is NNC(=O)CCCN1CCCC1C1CCCC1. The van der Waals surface area contributed by atoms with Crippen LogP contribution < -0.4 is 11.3 Å². The molecule has 0 aromatic rings. The molecule has 4 heteroatoms. The minimum Gasteiger partial charge on any atom is -0.300 e. The second kappa shape index (κ2) is 6.36. The van der Waals surface area contributed by atoms with Gasteiger partial charge in [0.2, 0.25) is 5.91 Å². The molecule has 0 aromatic heterocycles. The van der Waals surface area contributed by atoms with Crippen molar-refractivity contribution in [2.75, 3.05) is 13.1 Å². The molecule has 1 amide bonds. The number of carbonyl (C=O) groups excluding carboxylic acids is 1. The van der Waals surface area contributed by atoms with Gasteiger partial charge in [-0.2, -0.15) is 0 Å². The summed E-state index contributed by atoms with van der Waals surface area (Å²) in [6.07, 6.45) is 9.89. The van der Waals surface area contributed by atoms with Crippen molar-refractivity contribution in [1.82, 2.24) is 10.3 Å². The van der Waals surface area contributed by atoms with E-state index < -0.39 is 0 Å². The van der Waals surface area contributed by atoms with Gasteiger partial charge in [0, 0.05) is 12.5 Å². The zero-order valence-corrected chi connectivity index (χ0v) is 10.7. The van der Waals surface area contributed by atoms with Crippen LogP contribution in [0.2, 0.25) is 0 Å². The van der Waals surface area contributed by atoms with Gasteiger partial charge in [-0.15, -0.1) is 0 Å². The molecule has 1 saturated carbocycles. The molecule has 2 fully saturated rings. The van der Waals surface area contributed by atoms with Crippen LogP contribution in [0.15, 0.2) is 0 Å². The molecule has 4 nitrogen and oxygen atoms in total. The Morgan fingerprint density at radius 3 is 2.71 bits per heavy atom. The summed E-state index contributed by atoms with van der Waals surface area (Å²) in [6.45, 7) is 2.29. The summed E-state index contributed by atoms with van der Waals surface area (Å²) in [7, 11) is 0. The smallest absolute Gasteiger partial charge is 0.233 e. The Morgan fingerprint density at radius 2 is 2.00 bits per heavy atom. The fraction of sp³-hybridized carbons (Fsp3) is 0.923. The average Bonchev–Trinajstić information content (AvgIpc) is 2.98. The van der Waals surface area contributed by atoms with Gasteiger partial charge < -0.3 is 4.90 Å². The number of nitrogens with zero attached hydrogens (tertiary/aromatic N) is 1. The number of hydrogen-bond donors (Lipinski definition) is 2. The van der Waals surface area contributed by atoms with Crippen molar-refractivity contribution < 1.29 is 4.79 Å². The first-order valence-corrected chi connectivity index (χ1v) is 7.05. The van der Waals surface area contributed by atoms with Crippen LogP contribution in [-0.4, -0.2) is 29.9 Å². The lowest BCUT2D eigenvalue weighted by atomic mass is 9.96. The van der Waals surface area contributed by atoms with Crippen LogP contribution in [0.1, 0.15) is 51.4 Å². The predicted molar refractivity (Wildman–Crippen MR) is 68.1 cm³/mol. The molecule has 17 heavy (non-hydrogen) atoms. The number of likely N-dealkylation sites (tertiary alicyclic amines) is 1. The predicted octanol–water partition coefficient (Wildman–Crippen LogP) is 1.41. The molecule has 2 aliphatic rings. The monoisotopic (exact) mass is 239 g/mol. The van der Waals surface area contributed by atoms with E-state index in [4.69, 9.17) is 5.84 Å². The van der Waals surface area contributed by atoms with Gasteiger partial charge in [0.15, 0.2) is 0 Å². The number of amides is 1. The summed E-state index contributed by atoms with van der Waals surface area (Å²) in [4.78, 5) is 13.7. The van der Waals surface area contributed by atoms with Gasteiger partial charge in [-0.1, -0.05) is 12.8 Å². The lowest BCUT2D eigenvalue weighted by Crippen LogP contribution is -2.36. The highest BCUT2D eigenvalue weighted by molar-refractivity contribution is 5.75. The minimum atomic E-state index is -0.0402. The second-order valence-corrected chi connectivity index (χ2v) is 5.46. The highest BCUT2D eigenvalue weighted by atomic mass is 16.2. The van der Waals surface area contributed by atoms with Crippen LogP contribution in [0.3, 0.4) is 0 Å². The maximum atomic E-state index is 11.1.